The normalized spacial score (nSPS) is 17.8. The molecule has 6 heteroatoms. The number of pyridine rings is 1. The Morgan fingerprint density at radius 1 is 0.971 bits per heavy atom. The van der Waals surface area contributed by atoms with Crippen molar-refractivity contribution in [2.75, 3.05) is 39.3 Å². The van der Waals surface area contributed by atoms with E-state index in [0.29, 0.717) is 18.3 Å². The predicted octanol–water partition coefficient (Wildman–Crippen LogP) is 3.64. The fourth-order valence-corrected chi connectivity index (χ4v) is 5.22. The number of piperidine rings is 1. The minimum Gasteiger partial charge on any atom is -0.481 e. The lowest BCUT2D eigenvalue weighted by atomic mass is 9.99. The number of amides is 1. The minimum atomic E-state index is -0.0843. The SMILES string of the molecule is O=C(COc1cccc2cccnc12)NCC(CN1CCc2ccccc2C1)N1CCCCC1. The monoisotopic (exact) mass is 458 g/mol. The third kappa shape index (κ3) is 5.57. The highest BCUT2D eigenvalue weighted by Gasteiger charge is 2.25. The minimum absolute atomic E-state index is 0.000499. The van der Waals surface area contributed by atoms with Gasteiger partial charge in [-0.2, -0.15) is 0 Å². The third-order valence-electron chi connectivity index (χ3n) is 7.08. The number of rotatable bonds is 8. The molecule has 6 nitrogen and oxygen atoms in total. The molecule has 0 radical (unpaired) electrons. The fraction of sp³-hybridized carbons (Fsp3) is 0.429. The maximum Gasteiger partial charge on any atom is 0.257 e. The Bertz CT molecular complexity index is 1110. The van der Waals surface area contributed by atoms with E-state index in [4.69, 9.17) is 4.74 Å². The van der Waals surface area contributed by atoms with Crippen molar-refractivity contribution in [3.05, 3.63) is 71.9 Å². The van der Waals surface area contributed by atoms with Gasteiger partial charge in [0.05, 0.1) is 0 Å². The predicted molar refractivity (Wildman–Crippen MR) is 135 cm³/mol. The van der Waals surface area contributed by atoms with Gasteiger partial charge < -0.3 is 10.1 Å². The number of aromatic nitrogens is 1. The van der Waals surface area contributed by atoms with Crippen molar-refractivity contribution in [2.24, 2.45) is 0 Å². The molecule has 3 aromatic rings. The molecule has 1 atom stereocenters. The van der Waals surface area contributed by atoms with Crippen LogP contribution < -0.4 is 10.1 Å². The van der Waals surface area contributed by atoms with Crippen molar-refractivity contribution in [3.8, 4) is 5.75 Å². The molecule has 2 aliphatic rings. The zero-order valence-electron chi connectivity index (χ0n) is 19.8. The molecule has 1 saturated heterocycles. The van der Waals surface area contributed by atoms with Gasteiger partial charge >= 0.3 is 0 Å². The molecular formula is C28H34N4O2. The van der Waals surface area contributed by atoms with Crippen LogP contribution in [-0.2, 0) is 17.8 Å². The lowest BCUT2D eigenvalue weighted by Gasteiger charge is -2.39. The van der Waals surface area contributed by atoms with Gasteiger partial charge in [-0.3, -0.25) is 19.6 Å². The Morgan fingerprint density at radius 3 is 2.68 bits per heavy atom. The van der Waals surface area contributed by atoms with E-state index in [9.17, 15) is 4.79 Å². The van der Waals surface area contributed by atoms with Crippen molar-refractivity contribution in [1.29, 1.82) is 0 Å². The fourth-order valence-electron chi connectivity index (χ4n) is 5.22. The smallest absolute Gasteiger partial charge is 0.257 e. The zero-order valence-corrected chi connectivity index (χ0v) is 19.8. The van der Waals surface area contributed by atoms with Crippen molar-refractivity contribution in [2.45, 2.75) is 38.3 Å². The number of benzene rings is 2. The number of carbonyl (C=O) groups excluding carboxylic acids is 1. The van der Waals surface area contributed by atoms with E-state index >= 15 is 0 Å². The largest absolute Gasteiger partial charge is 0.481 e. The van der Waals surface area contributed by atoms with Gasteiger partial charge in [0.2, 0.25) is 0 Å². The molecule has 34 heavy (non-hydrogen) atoms. The molecule has 0 aliphatic carbocycles. The first-order valence-electron chi connectivity index (χ1n) is 12.5. The summed E-state index contributed by atoms with van der Waals surface area (Å²) in [5, 5.41) is 4.16. The first-order chi connectivity index (χ1) is 16.8. The summed E-state index contributed by atoms with van der Waals surface area (Å²) in [6, 6.07) is 18.8. The van der Waals surface area contributed by atoms with Crippen LogP contribution in [0.1, 0.15) is 30.4 Å². The standard InChI is InChI=1S/C28H34N4O2/c33-27(21-34-26-12-6-10-23-11-7-14-29-28(23)26)30-18-25(32-15-4-1-5-16-32)20-31-17-13-22-8-2-3-9-24(22)19-31/h2-3,6-12,14,25H,1,4-5,13,15-21H2,(H,30,33). The second-order valence-electron chi connectivity index (χ2n) is 9.43. The quantitative estimate of drug-likeness (QED) is 0.559. The third-order valence-corrected chi connectivity index (χ3v) is 7.08. The summed E-state index contributed by atoms with van der Waals surface area (Å²) in [4.78, 5) is 22.2. The van der Waals surface area contributed by atoms with Crippen LogP contribution in [0, 0.1) is 0 Å². The van der Waals surface area contributed by atoms with E-state index in [1.807, 2.05) is 30.3 Å². The highest BCUT2D eigenvalue weighted by Crippen LogP contribution is 2.23. The van der Waals surface area contributed by atoms with E-state index in [1.165, 1.54) is 30.4 Å². The Balaban J connectivity index is 1.18. The number of fused-ring (bicyclic) bond motifs is 2. The van der Waals surface area contributed by atoms with Gasteiger partial charge in [0, 0.05) is 43.8 Å². The molecule has 0 saturated carbocycles. The Kier molecular flexibility index (Phi) is 7.37. The summed E-state index contributed by atoms with van der Waals surface area (Å²) in [5.41, 5.74) is 3.70. The Labute approximate surface area is 201 Å². The van der Waals surface area contributed by atoms with E-state index < -0.39 is 0 Å². The highest BCUT2D eigenvalue weighted by molar-refractivity contribution is 5.85. The van der Waals surface area contributed by atoms with Crippen molar-refractivity contribution < 1.29 is 9.53 Å². The van der Waals surface area contributed by atoms with Crippen LogP contribution in [0.3, 0.4) is 0 Å². The van der Waals surface area contributed by atoms with Gasteiger partial charge in [-0.25, -0.2) is 0 Å². The molecule has 2 aromatic carbocycles. The van der Waals surface area contributed by atoms with Crippen LogP contribution in [0.25, 0.3) is 10.9 Å². The number of nitrogens with one attached hydrogen (secondary N) is 1. The summed E-state index contributed by atoms with van der Waals surface area (Å²) < 4.78 is 5.85. The van der Waals surface area contributed by atoms with Crippen molar-refractivity contribution in [1.82, 2.24) is 20.1 Å². The molecule has 1 unspecified atom stereocenters. The van der Waals surface area contributed by atoms with Crippen LogP contribution >= 0.6 is 0 Å². The van der Waals surface area contributed by atoms with E-state index in [1.54, 1.807) is 6.20 Å². The lowest BCUT2D eigenvalue weighted by molar-refractivity contribution is -0.123. The molecule has 1 N–H and O–H groups in total. The van der Waals surface area contributed by atoms with Gasteiger partial charge in [-0.1, -0.05) is 48.9 Å². The average molecular weight is 459 g/mol. The molecule has 0 spiro atoms. The number of para-hydroxylation sites is 1. The van der Waals surface area contributed by atoms with Gasteiger partial charge in [0.25, 0.3) is 5.91 Å². The lowest BCUT2D eigenvalue weighted by Crippen LogP contribution is -2.52. The molecule has 0 bridgehead atoms. The molecule has 178 valence electrons. The van der Waals surface area contributed by atoms with E-state index in [2.05, 4.69) is 44.4 Å². The zero-order chi connectivity index (χ0) is 23.2. The first kappa shape index (κ1) is 22.8. The second-order valence-corrected chi connectivity index (χ2v) is 9.43. The van der Waals surface area contributed by atoms with Gasteiger partial charge in [0.15, 0.2) is 6.61 Å². The summed E-state index contributed by atoms with van der Waals surface area (Å²) >= 11 is 0. The first-order valence-corrected chi connectivity index (χ1v) is 12.5. The van der Waals surface area contributed by atoms with Crippen LogP contribution in [0.5, 0.6) is 5.75 Å². The van der Waals surface area contributed by atoms with Crippen molar-refractivity contribution >= 4 is 16.8 Å². The molecular weight excluding hydrogens is 424 g/mol. The molecule has 3 heterocycles. The van der Waals surface area contributed by atoms with Crippen LogP contribution in [0.2, 0.25) is 0 Å². The summed E-state index contributed by atoms with van der Waals surface area (Å²) in [7, 11) is 0. The van der Waals surface area contributed by atoms with Crippen LogP contribution in [0.4, 0.5) is 0 Å². The topological polar surface area (TPSA) is 57.7 Å². The Hall–Kier alpha value is -2.96. The number of nitrogens with zero attached hydrogens (tertiary/aromatic N) is 3. The van der Waals surface area contributed by atoms with Crippen LogP contribution in [-0.4, -0.2) is 66.1 Å². The molecule has 5 rings (SSSR count). The highest BCUT2D eigenvalue weighted by atomic mass is 16.5. The number of carbonyl (C=O) groups is 1. The van der Waals surface area contributed by atoms with E-state index in [0.717, 1.165) is 50.0 Å². The van der Waals surface area contributed by atoms with Gasteiger partial charge in [-0.05, 0) is 55.6 Å². The number of hydrogen-bond donors (Lipinski definition) is 1. The molecule has 1 fully saturated rings. The summed E-state index contributed by atoms with van der Waals surface area (Å²) in [6.07, 6.45) is 6.63. The molecule has 2 aliphatic heterocycles. The van der Waals surface area contributed by atoms with Crippen molar-refractivity contribution in [3.63, 3.8) is 0 Å². The molecule has 1 amide bonds. The number of hydrogen-bond acceptors (Lipinski definition) is 5. The Morgan fingerprint density at radius 2 is 1.79 bits per heavy atom. The number of ether oxygens (including phenoxy) is 1. The maximum atomic E-state index is 12.7. The summed E-state index contributed by atoms with van der Waals surface area (Å²) in [5.74, 6) is 0.562. The average Bonchev–Trinajstić information content (AvgIpc) is 2.90. The second kappa shape index (κ2) is 11.0. The van der Waals surface area contributed by atoms with Gasteiger partial charge in [0.1, 0.15) is 11.3 Å². The molecule has 1 aromatic heterocycles. The van der Waals surface area contributed by atoms with Crippen LogP contribution in [0.15, 0.2) is 60.8 Å². The van der Waals surface area contributed by atoms with Gasteiger partial charge in [-0.15, -0.1) is 0 Å². The maximum absolute atomic E-state index is 12.7. The summed E-state index contributed by atoms with van der Waals surface area (Å²) in [6.45, 7) is 5.92. The van der Waals surface area contributed by atoms with E-state index in [-0.39, 0.29) is 12.5 Å². The number of likely N-dealkylation sites (tertiary alicyclic amines) is 1.